The van der Waals surface area contributed by atoms with Gasteiger partial charge in [-0.1, -0.05) is 13.3 Å². The van der Waals surface area contributed by atoms with E-state index in [0.717, 1.165) is 19.3 Å². The normalized spacial score (nSPS) is 26.7. The molecule has 2 atom stereocenters. The molecule has 1 aliphatic rings. The highest BCUT2D eigenvalue weighted by Crippen LogP contribution is 2.38. The van der Waals surface area contributed by atoms with Crippen LogP contribution in [0.15, 0.2) is 0 Å². The maximum atomic E-state index is 11.5. The summed E-state index contributed by atoms with van der Waals surface area (Å²) in [6.07, 6.45) is 3.96. The lowest BCUT2D eigenvalue weighted by Crippen LogP contribution is -2.41. The molecule has 0 aromatic rings. The van der Waals surface area contributed by atoms with Gasteiger partial charge in [0.15, 0.2) is 0 Å². The second-order valence-corrected chi connectivity index (χ2v) is 5.78. The van der Waals surface area contributed by atoms with Crippen molar-refractivity contribution in [3.8, 4) is 0 Å². The summed E-state index contributed by atoms with van der Waals surface area (Å²) in [5.41, 5.74) is 4.78. The molecule has 0 saturated carbocycles. The average Bonchev–Trinajstić information content (AvgIpc) is 2.57. The second kappa shape index (κ2) is 5.36. The zero-order chi connectivity index (χ0) is 13.1. The standard InChI is InChI=1S/C13H25NO3/c1-4-6-13(9-14,11(15)16)8-10-5-7-12(2,3)17-10/h10H,4-9,14H2,1-3H3,(H,15,16). The lowest BCUT2D eigenvalue weighted by molar-refractivity contribution is -0.152. The van der Waals surface area contributed by atoms with E-state index in [-0.39, 0.29) is 18.2 Å². The Bertz CT molecular complexity index is 278. The summed E-state index contributed by atoms with van der Waals surface area (Å²) >= 11 is 0. The molecule has 0 radical (unpaired) electrons. The summed E-state index contributed by atoms with van der Waals surface area (Å²) in [6, 6.07) is 0. The molecule has 1 heterocycles. The van der Waals surface area contributed by atoms with E-state index in [2.05, 4.69) is 13.8 Å². The number of hydrogen-bond donors (Lipinski definition) is 2. The first kappa shape index (κ1) is 14.5. The van der Waals surface area contributed by atoms with Crippen molar-refractivity contribution < 1.29 is 14.6 Å². The Morgan fingerprint density at radius 1 is 1.59 bits per heavy atom. The molecule has 0 aliphatic carbocycles. The van der Waals surface area contributed by atoms with Gasteiger partial charge in [-0.3, -0.25) is 4.79 Å². The summed E-state index contributed by atoms with van der Waals surface area (Å²) < 4.78 is 5.88. The smallest absolute Gasteiger partial charge is 0.311 e. The van der Waals surface area contributed by atoms with Crippen LogP contribution in [0, 0.1) is 5.41 Å². The minimum atomic E-state index is -0.806. The first-order valence-corrected chi connectivity index (χ1v) is 6.46. The first-order chi connectivity index (χ1) is 7.85. The van der Waals surface area contributed by atoms with Gasteiger partial charge in [0.05, 0.1) is 17.1 Å². The van der Waals surface area contributed by atoms with Gasteiger partial charge < -0.3 is 15.6 Å². The van der Waals surface area contributed by atoms with Crippen LogP contribution in [0.3, 0.4) is 0 Å². The van der Waals surface area contributed by atoms with Gasteiger partial charge in [0, 0.05) is 6.54 Å². The molecule has 0 spiro atoms. The third-order valence-corrected chi connectivity index (χ3v) is 3.75. The van der Waals surface area contributed by atoms with Crippen molar-refractivity contribution in [2.45, 2.75) is 64.6 Å². The van der Waals surface area contributed by atoms with E-state index < -0.39 is 11.4 Å². The van der Waals surface area contributed by atoms with Crippen molar-refractivity contribution in [3.05, 3.63) is 0 Å². The topological polar surface area (TPSA) is 72.5 Å². The summed E-state index contributed by atoms with van der Waals surface area (Å²) in [6.45, 7) is 6.29. The van der Waals surface area contributed by atoms with Gasteiger partial charge in [0.2, 0.25) is 0 Å². The molecular weight excluding hydrogens is 218 g/mol. The molecule has 100 valence electrons. The van der Waals surface area contributed by atoms with Crippen molar-refractivity contribution in [2.24, 2.45) is 11.1 Å². The van der Waals surface area contributed by atoms with Crippen LogP contribution in [0.4, 0.5) is 0 Å². The molecular formula is C13H25NO3. The van der Waals surface area contributed by atoms with Gasteiger partial charge in [-0.15, -0.1) is 0 Å². The van der Waals surface area contributed by atoms with Gasteiger partial charge in [-0.05, 0) is 39.5 Å². The number of rotatable bonds is 6. The maximum Gasteiger partial charge on any atom is 0.311 e. The molecule has 17 heavy (non-hydrogen) atoms. The summed E-state index contributed by atoms with van der Waals surface area (Å²) in [7, 11) is 0. The van der Waals surface area contributed by atoms with E-state index in [1.807, 2.05) is 6.92 Å². The van der Waals surface area contributed by atoms with Gasteiger partial charge in [0.1, 0.15) is 0 Å². The number of ether oxygens (including phenoxy) is 1. The zero-order valence-corrected chi connectivity index (χ0v) is 11.2. The third-order valence-electron chi connectivity index (χ3n) is 3.75. The van der Waals surface area contributed by atoms with Crippen LogP contribution in [0.2, 0.25) is 0 Å². The minimum absolute atomic E-state index is 0.0381. The fourth-order valence-corrected chi connectivity index (χ4v) is 2.70. The van der Waals surface area contributed by atoms with Crippen molar-refractivity contribution in [1.29, 1.82) is 0 Å². The molecule has 0 bridgehead atoms. The molecule has 4 heteroatoms. The van der Waals surface area contributed by atoms with Crippen molar-refractivity contribution in [2.75, 3.05) is 6.54 Å². The largest absolute Gasteiger partial charge is 0.481 e. The molecule has 0 aromatic heterocycles. The Kier molecular flexibility index (Phi) is 4.55. The summed E-state index contributed by atoms with van der Waals surface area (Å²) in [5.74, 6) is -0.782. The SMILES string of the molecule is CCCC(CN)(CC1CCC(C)(C)O1)C(=O)O. The van der Waals surface area contributed by atoms with E-state index in [9.17, 15) is 9.90 Å². The zero-order valence-electron chi connectivity index (χ0n) is 11.2. The number of carbonyl (C=O) groups is 1. The van der Waals surface area contributed by atoms with E-state index in [1.165, 1.54) is 0 Å². The number of carboxylic acids is 1. The van der Waals surface area contributed by atoms with Crippen LogP contribution >= 0.6 is 0 Å². The quantitative estimate of drug-likeness (QED) is 0.750. The van der Waals surface area contributed by atoms with Crippen molar-refractivity contribution in [3.63, 3.8) is 0 Å². The molecule has 1 fully saturated rings. The minimum Gasteiger partial charge on any atom is -0.481 e. The van der Waals surface area contributed by atoms with Gasteiger partial charge in [0.25, 0.3) is 0 Å². The number of aliphatic carboxylic acids is 1. The van der Waals surface area contributed by atoms with Gasteiger partial charge in [-0.25, -0.2) is 0 Å². The molecule has 2 unspecified atom stereocenters. The maximum absolute atomic E-state index is 11.5. The monoisotopic (exact) mass is 243 g/mol. The second-order valence-electron chi connectivity index (χ2n) is 5.78. The number of carboxylic acid groups (broad SMARTS) is 1. The van der Waals surface area contributed by atoms with Crippen molar-refractivity contribution in [1.82, 2.24) is 0 Å². The van der Waals surface area contributed by atoms with E-state index in [0.29, 0.717) is 12.8 Å². The first-order valence-electron chi connectivity index (χ1n) is 6.46. The van der Waals surface area contributed by atoms with Crippen LogP contribution in [-0.4, -0.2) is 29.3 Å². The fraction of sp³-hybridized carbons (Fsp3) is 0.923. The van der Waals surface area contributed by atoms with Crippen molar-refractivity contribution >= 4 is 5.97 Å². The number of hydrogen-bond acceptors (Lipinski definition) is 3. The van der Waals surface area contributed by atoms with Crippen LogP contribution < -0.4 is 5.73 Å². The average molecular weight is 243 g/mol. The predicted octanol–water partition coefficient (Wildman–Crippen LogP) is 2.16. The van der Waals surface area contributed by atoms with Crippen LogP contribution in [0.5, 0.6) is 0 Å². The highest BCUT2D eigenvalue weighted by Gasteiger charge is 2.42. The van der Waals surface area contributed by atoms with Crippen LogP contribution in [0.25, 0.3) is 0 Å². The third kappa shape index (κ3) is 3.42. The molecule has 3 N–H and O–H groups in total. The van der Waals surface area contributed by atoms with E-state index in [1.54, 1.807) is 0 Å². The highest BCUT2D eigenvalue weighted by molar-refractivity contribution is 5.75. The predicted molar refractivity (Wildman–Crippen MR) is 66.8 cm³/mol. The fourth-order valence-electron chi connectivity index (χ4n) is 2.70. The Labute approximate surface area is 104 Å². The molecule has 4 nitrogen and oxygen atoms in total. The molecule has 1 rings (SSSR count). The number of nitrogens with two attached hydrogens (primary N) is 1. The van der Waals surface area contributed by atoms with Crippen LogP contribution in [0.1, 0.15) is 52.9 Å². The van der Waals surface area contributed by atoms with E-state index in [4.69, 9.17) is 10.5 Å². The summed E-state index contributed by atoms with van der Waals surface area (Å²) in [4.78, 5) is 11.5. The molecule has 1 aliphatic heterocycles. The molecule has 0 amide bonds. The molecule has 0 aromatic carbocycles. The lowest BCUT2D eigenvalue weighted by Gasteiger charge is -2.31. The Morgan fingerprint density at radius 3 is 2.59 bits per heavy atom. The van der Waals surface area contributed by atoms with Gasteiger partial charge >= 0.3 is 5.97 Å². The summed E-state index contributed by atoms with van der Waals surface area (Å²) in [5, 5.41) is 9.41. The van der Waals surface area contributed by atoms with Crippen LogP contribution in [-0.2, 0) is 9.53 Å². The van der Waals surface area contributed by atoms with E-state index >= 15 is 0 Å². The Morgan fingerprint density at radius 2 is 2.24 bits per heavy atom. The Balaban J connectivity index is 2.70. The lowest BCUT2D eigenvalue weighted by atomic mass is 9.78. The highest BCUT2D eigenvalue weighted by atomic mass is 16.5. The Hall–Kier alpha value is -0.610. The van der Waals surface area contributed by atoms with Gasteiger partial charge in [-0.2, -0.15) is 0 Å². The molecule has 1 saturated heterocycles.